The normalized spacial score (nSPS) is 19.7. The van der Waals surface area contributed by atoms with E-state index in [0.717, 1.165) is 19.6 Å². The summed E-state index contributed by atoms with van der Waals surface area (Å²) in [6, 6.07) is 0. The van der Waals surface area contributed by atoms with Crippen molar-refractivity contribution in [2.24, 2.45) is 5.41 Å². The second kappa shape index (κ2) is 5.28. The molecule has 6 heteroatoms. The maximum absolute atomic E-state index is 5.87. The minimum atomic E-state index is 0.288. The van der Waals surface area contributed by atoms with E-state index in [-0.39, 0.29) is 5.41 Å². The van der Waals surface area contributed by atoms with Crippen molar-refractivity contribution >= 4 is 23.1 Å². The van der Waals surface area contributed by atoms with Gasteiger partial charge in [0.05, 0.1) is 0 Å². The zero-order valence-corrected chi connectivity index (χ0v) is 11.7. The van der Waals surface area contributed by atoms with Gasteiger partial charge in [-0.3, -0.25) is 0 Å². The van der Waals surface area contributed by atoms with Crippen LogP contribution in [-0.4, -0.2) is 41.5 Å². The summed E-state index contributed by atoms with van der Waals surface area (Å²) in [6.45, 7) is 5.43. The zero-order valence-electron chi connectivity index (χ0n) is 10.9. The van der Waals surface area contributed by atoms with Crippen molar-refractivity contribution in [3.05, 3.63) is 11.5 Å². The number of nitrogens with zero attached hydrogens (tertiary/aromatic N) is 3. The standard InChI is InChI=1S/C12H20ClN5/c1-12(3-5-18(2)6-4-12)7-15-11-9(14)10(13)16-8-17-11/h8H,3-7,14H2,1-2H3,(H,15,16,17). The molecule has 1 aromatic rings. The summed E-state index contributed by atoms with van der Waals surface area (Å²) in [5, 5.41) is 3.61. The van der Waals surface area contributed by atoms with Gasteiger partial charge < -0.3 is 16.0 Å². The Balaban J connectivity index is 1.97. The van der Waals surface area contributed by atoms with Crippen LogP contribution in [0.25, 0.3) is 0 Å². The minimum Gasteiger partial charge on any atom is -0.393 e. The number of rotatable bonds is 3. The first kappa shape index (κ1) is 13.4. The van der Waals surface area contributed by atoms with Crippen LogP contribution < -0.4 is 11.1 Å². The fourth-order valence-electron chi connectivity index (χ4n) is 2.15. The Morgan fingerprint density at radius 2 is 2.11 bits per heavy atom. The number of likely N-dealkylation sites (tertiary alicyclic amines) is 1. The van der Waals surface area contributed by atoms with Crippen LogP contribution in [0.2, 0.25) is 5.15 Å². The van der Waals surface area contributed by atoms with Gasteiger partial charge in [0, 0.05) is 6.54 Å². The molecule has 5 nitrogen and oxygen atoms in total. The maximum Gasteiger partial charge on any atom is 0.157 e. The van der Waals surface area contributed by atoms with Gasteiger partial charge in [0.2, 0.25) is 0 Å². The van der Waals surface area contributed by atoms with Crippen LogP contribution >= 0.6 is 11.6 Å². The van der Waals surface area contributed by atoms with Crippen molar-refractivity contribution in [1.29, 1.82) is 0 Å². The van der Waals surface area contributed by atoms with Crippen molar-refractivity contribution in [3.63, 3.8) is 0 Å². The molecule has 1 saturated heterocycles. The Bertz CT molecular complexity index is 415. The molecule has 0 spiro atoms. The molecule has 1 aromatic heterocycles. The van der Waals surface area contributed by atoms with E-state index < -0.39 is 0 Å². The van der Waals surface area contributed by atoms with Crippen molar-refractivity contribution in [2.45, 2.75) is 19.8 Å². The molecule has 0 bridgehead atoms. The predicted molar refractivity (Wildman–Crippen MR) is 74.8 cm³/mol. The molecule has 1 aliphatic rings. The number of piperidine rings is 1. The van der Waals surface area contributed by atoms with Gasteiger partial charge in [-0.05, 0) is 38.4 Å². The minimum absolute atomic E-state index is 0.288. The number of nitrogens with two attached hydrogens (primary N) is 1. The molecular weight excluding hydrogens is 250 g/mol. The van der Waals surface area contributed by atoms with Crippen LogP contribution in [0.15, 0.2) is 6.33 Å². The third kappa shape index (κ3) is 3.03. The summed E-state index contributed by atoms with van der Waals surface area (Å²) in [5.74, 6) is 0.634. The van der Waals surface area contributed by atoms with Gasteiger partial charge in [0.15, 0.2) is 11.0 Å². The Morgan fingerprint density at radius 1 is 1.44 bits per heavy atom. The highest BCUT2D eigenvalue weighted by atomic mass is 35.5. The van der Waals surface area contributed by atoms with Crippen LogP contribution in [0.1, 0.15) is 19.8 Å². The van der Waals surface area contributed by atoms with E-state index >= 15 is 0 Å². The molecule has 0 radical (unpaired) electrons. The van der Waals surface area contributed by atoms with E-state index in [1.165, 1.54) is 19.2 Å². The molecule has 0 unspecified atom stereocenters. The quantitative estimate of drug-likeness (QED) is 0.820. The lowest BCUT2D eigenvalue weighted by Gasteiger charge is -2.38. The topological polar surface area (TPSA) is 67.1 Å². The van der Waals surface area contributed by atoms with E-state index in [1.807, 2.05) is 0 Å². The monoisotopic (exact) mass is 269 g/mol. The van der Waals surface area contributed by atoms with Gasteiger partial charge in [-0.2, -0.15) is 0 Å². The summed E-state index contributed by atoms with van der Waals surface area (Å²) in [6.07, 6.45) is 3.78. The average Bonchev–Trinajstić information content (AvgIpc) is 2.35. The number of anilines is 2. The highest BCUT2D eigenvalue weighted by Crippen LogP contribution is 2.31. The molecule has 0 atom stereocenters. The molecule has 100 valence electrons. The average molecular weight is 270 g/mol. The number of hydrogen-bond donors (Lipinski definition) is 2. The Labute approximate surface area is 113 Å². The van der Waals surface area contributed by atoms with Crippen LogP contribution in [0, 0.1) is 5.41 Å². The number of aromatic nitrogens is 2. The fraction of sp³-hybridized carbons (Fsp3) is 0.667. The first-order valence-electron chi connectivity index (χ1n) is 6.19. The summed E-state index contributed by atoms with van der Waals surface area (Å²) in [7, 11) is 2.16. The maximum atomic E-state index is 5.87. The zero-order chi connectivity index (χ0) is 13.2. The molecule has 1 aliphatic heterocycles. The van der Waals surface area contributed by atoms with Crippen LogP contribution in [-0.2, 0) is 0 Å². The van der Waals surface area contributed by atoms with Crippen molar-refractivity contribution in [3.8, 4) is 0 Å². The Hall–Kier alpha value is -1.07. The second-order valence-electron chi connectivity index (χ2n) is 5.39. The lowest BCUT2D eigenvalue weighted by Crippen LogP contribution is -2.40. The van der Waals surface area contributed by atoms with Gasteiger partial charge in [-0.25, -0.2) is 9.97 Å². The number of nitrogen functional groups attached to an aromatic ring is 1. The SMILES string of the molecule is CN1CCC(C)(CNc2ncnc(Cl)c2N)CC1. The highest BCUT2D eigenvalue weighted by molar-refractivity contribution is 6.32. The summed E-state index contributed by atoms with van der Waals surface area (Å²) in [4.78, 5) is 10.3. The van der Waals surface area contributed by atoms with Crippen molar-refractivity contribution < 1.29 is 0 Å². The number of hydrogen-bond acceptors (Lipinski definition) is 5. The summed E-state index contributed by atoms with van der Waals surface area (Å²) >= 11 is 5.87. The molecule has 0 amide bonds. The number of halogens is 1. The van der Waals surface area contributed by atoms with Crippen LogP contribution in [0.3, 0.4) is 0 Å². The first-order valence-corrected chi connectivity index (χ1v) is 6.56. The van der Waals surface area contributed by atoms with Crippen molar-refractivity contribution in [2.75, 3.05) is 37.7 Å². The molecule has 3 N–H and O–H groups in total. The largest absolute Gasteiger partial charge is 0.393 e. The third-order valence-corrected chi connectivity index (χ3v) is 4.01. The smallest absolute Gasteiger partial charge is 0.157 e. The van der Waals surface area contributed by atoms with Crippen molar-refractivity contribution in [1.82, 2.24) is 14.9 Å². The van der Waals surface area contributed by atoms with E-state index in [4.69, 9.17) is 17.3 Å². The predicted octanol–water partition coefficient (Wildman–Crippen LogP) is 1.86. The fourth-order valence-corrected chi connectivity index (χ4v) is 2.28. The molecule has 1 fully saturated rings. The van der Waals surface area contributed by atoms with Crippen LogP contribution in [0.4, 0.5) is 11.5 Å². The van der Waals surface area contributed by atoms with E-state index in [1.54, 1.807) is 0 Å². The molecule has 0 aromatic carbocycles. The highest BCUT2D eigenvalue weighted by Gasteiger charge is 2.28. The van der Waals surface area contributed by atoms with Gasteiger partial charge >= 0.3 is 0 Å². The lowest BCUT2D eigenvalue weighted by atomic mass is 9.80. The first-order chi connectivity index (χ1) is 8.50. The molecular formula is C12H20ClN5. The van der Waals surface area contributed by atoms with Gasteiger partial charge in [-0.15, -0.1) is 0 Å². The molecule has 18 heavy (non-hydrogen) atoms. The van der Waals surface area contributed by atoms with Gasteiger partial charge in [-0.1, -0.05) is 18.5 Å². The van der Waals surface area contributed by atoms with Gasteiger partial charge in [0.25, 0.3) is 0 Å². The van der Waals surface area contributed by atoms with E-state index in [0.29, 0.717) is 16.7 Å². The second-order valence-corrected chi connectivity index (χ2v) is 5.75. The Morgan fingerprint density at radius 3 is 2.78 bits per heavy atom. The van der Waals surface area contributed by atoms with E-state index in [9.17, 15) is 0 Å². The molecule has 0 aliphatic carbocycles. The molecule has 0 saturated carbocycles. The van der Waals surface area contributed by atoms with Crippen LogP contribution in [0.5, 0.6) is 0 Å². The van der Waals surface area contributed by atoms with Gasteiger partial charge in [0.1, 0.15) is 12.0 Å². The molecule has 2 heterocycles. The van der Waals surface area contributed by atoms with E-state index in [2.05, 4.69) is 34.2 Å². The summed E-state index contributed by atoms with van der Waals surface area (Å²) < 4.78 is 0. The lowest BCUT2D eigenvalue weighted by molar-refractivity contribution is 0.150. The summed E-state index contributed by atoms with van der Waals surface area (Å²) in [5.41, 5.74) is 6.55. The molecule has 2 rings (SSSR count). The number of nitrogens with one attached hydrogen (secondary N) is 1. The third-order valence-electron chi connectivity index (χ3n) is 3.71. The Kier molecular flexibility index (Phi) is 3.92.